The Bertz CT molecular complexity index is 977. The average molecular weight is 736 g/mol. The first-order valence-corrected chi connectivity index (χ1v) is 15.5. The molecule has 3 nitrogen and oxygen atoms in total. The third kappa shape index (κ3) is 11.8. The zero-order chi connectivity index (χ0) is 25.9. The molecule has 4 aliphatic rings. The second-order valence-corrected chi connectivity index (χ2v) is 12.5. The summed E-state index contributed by atoms with van der Waals surface area (Å²) in [4.78, 5) is 10.8. The van der Waals surface area contributed by atoms with Crippen LogP contribution in [-0.4, -0.2) is 42.2 Å². The number of rotatable bonds is 3. The van der Waals surface area contributed by atoms with Crippen LogP contribution in [0.25, 0.3) is 5.76 Å². The van der Waals surface area contributed by atoms with Gasteiger partial charge in [-0.05, 0) is 54.7 Å². The monoisotopic (exact) mass is 732 g/mol. The van der Waals surface area contributed by atoms with Gasteiger partial charge >= 0.3 is 29.0 Å². The van der Waals surface area contributed by atoms with Crippen LogP contribution in [0.1, 0.15) is 76.2 Å². The van der Waals surface area contributed by atoms with E-state index in [1.807, 2.05) is 24.3 Å². The Hall–Kier alpha value is -0.344. The van der Waals surface area contributed by atoms with Gasteiger partial charge in [0.2, 0.25) is 0 Å². The van der Waals surface area contributed by atoms with Crippen molar-refractivity contribution >= 4 is 66.6 Å². The molecule has 3 fully saturated rings. The molecule has 0 aromatic heterocycles. The van der Waals surface area contributed by atoms with E-state index in [0.29, 0.717) is 18.9 Å². The molecular weight excluding hydrogens is 696 g/mol. The van der Waals surface area contributed by atoms with Gasteiger partial charge in [-0.25, -0.2) is 0 Å². The van der Waals surface area contributed by atoms with Crippen LogP contribution in [0.3, 0.4) is 0 Å². The SMILES string of the molecule is Brc1cc[c-]cc1.Brc1ccc(C2=CCC(C3CCCC3)CO2)cc1.O=C1CCC(C2CCCC2)CO1.[Br-].[Mg+2]. The van der Waals surface area contributed by atoms with Gasteiger partial charge in [-0.2, -0.15) is 30.3 Å². The third-order valence-electron chi connectivity index (χ3n) is 8.18. The molecule has 2 saturated carbocycles. The first-order chi connectivity index (χ1) is 18.1. The summed E-state index contributed by atoms with van der Waals surface area (Å²) in [6.45, 7) is 1.61. The number of hydrogen-bond donors (Lipinski definition) is 0. The van der Waals surface area contributed by atoms with Gasteiger partial charge < -0.3 is 26.5 Å². The number of esters is 1. The van der Waals surface area contributed by atoms with E-state index in [4.69, 9.17) is 9.47 Å². The number of cyclic esters (lactones) is 1. The second-order valence-electron chi connectivity index (χ2n) is 10.7. The molecule has 0 bridgehead atoms. The molecule has 2 aliphatic carbocycles. The van der Waals surface area contributed by atoms with Gasteiger partial charge in [0.25, 0.3) is 0 Å². The molecule has 2 aromatic carbocycles. The van der Waals surface area contributed by atoms with E-state index in [1.54, 1.807) is 0 Å². The normalized spacial score (nSPS) is 22.8. The maximum atomic E-state index is 10.8. The van der Waals surface area contributed by atoms with Gasteiger partial charge in [-0.3, -0.25) is 4.79 Å². The molecule has 2 heterocycles. The maximum Gasteiger partial charge on any atom is 2.00 e. The van der Waals surface area contributed by atoms with E-state index in [2.05, 4.69) is 68.3 Å². The van der Waals surface area contributed by atoms with Crippen molar-refractivity contribution in [1.82, 2.24) is 0 Å². The topological polar surface area (TPSA) is 35.5 Å². The van der Waals surface area contributed by atoms with Crippen molar-refractivity contribution in [3.63, 3.8) is 0 Å². The molecule has 2 atom stereocenters. The van der Waals surface area contributed by atoms with Crippen molar-refractivity contribution in [2.24, 2.45) is 23.7 Å². The van der Waals surface area contributed by atoms with Crippen LogP contribution >= 0.6 is 31.9 Å². The van der Waals surface area contributed by atoms with Crippen molar-refractivity contribution in [3.8, 4) is 0 Å². The molecule has 1 saturated heterocycles. The number of benzene rings is 2. The number of allylic oxidation sites excluding steroid dienone is 1. The van der Waals surface area contributed by atoms with Crippen LogP contribution in [0.5, 0.6) is 0 Å². The minimum absolute atomic E-state index is 0. The van der Waals surface area contributed by atoms with Crippen molar-refractivity contribution in [2.75, 3.05) is 13.2 Å². The molecule has 0 radical (unpaired) electrons. The third-order valence-corrected chi connectivity index (χ3v) is 9.23. The fourth-order valence-electron chi connectivity index (χ4n) is 5.98. The summed E-state index contributed by atoms with van der Waals surface area (Å²) in [5.74, 6) is 4.28. The van der Waals surface area contributed by atoms with E-state index >= 15 is 0 Å². The van der Waals surface area contributed by atoms with E-state index in [0.717, 1.165) is 45.5 Å². The molecule has 6 rings (SSSR count). The van der Waals surface area contributed by atoms with Gasteiger partial charge in [0, 0.05) is 16.5 Å². The van der Waals surface area contributed by atoms with Crippen molar-refractivity contribution in [3.05, 3.63) is 75.2 Å². The fourth-order valence-corrected chi connectivity index (χ4v) is 6.51. The van der Waals surface area contributed by atoms with Gasteiger partial charge in [0.05, 0.1) is 13.2 Å². The quantitative estimate of drug-likeness (QED) is 0.220. The largest absolute Gasteiger partial charge is 2.00 e. The van der Waals surface area contributed by atoms with Crippen LogP contribution < -0.4 is 17.0 Å². The van der Waals surface area contributed by atoms with E-state index in [9.17, 15) is 4.79 Å². The summed E-state index contributed by atoms with van der Waals surface area (Å²) in [5, 5.41) is 0. The van der Waals surface area contributed by atoms with Crippen molar-refractivity contribution < 1.29 is 31.2 Å². The summed E-state index contributed by atoms with van der Waals surface area (Å²) in [5.41, 5.74) is 1.20. The van der Waals surface area contributed by atoms with Crippen LogP contribution in [0.4, 0.5) is 0 Å². The molecule has 39 heavy (non-hydrogen) atoms. The molecule has 2 aliphatic heterocycles. The van der Waals surface area contributed by atoms with Crippen LogP contribution in [0.15, 0.2) is 63.6 Å². The predicted molar refractivity (Wildman–Crippen MR) is 163 cm³/mol. The number of carbonyl (C=O) groups is 1. The van der Waals surface area contributed by atoms with Gasteiger partial charge in [-0.15, -0.1) is 0 Å². The van der Waals surface area contributed by atoms with Gasteiger partial charge in [0.15, 0.2) is 0 Å². The number of ether oxygens (including phenoxy) is 2. The van der Waals surface area contributed by atoms with Gasteiger partial charge in [-0.1, -0.05) is 99.8 Å². The first-order valence-electron chi connectivity index (χ1n) is 13.9. The Morgan fingerprint density at radius 3 is 1.69 bits per heavy atom. The fraction of sp³-hybridized carbons (Fsp3) is 0.531. The Kier molecular flexibility index (Phi) is 16.9. The molecule has 0 amide bonds. The summed E-state index contributed by atoms with van der Waals surface area (Å²) in [6.07, 6.45) is 16.4. The Labute approximate surface area is 278 Å². The molecule has 0 spiro atoms. The number of halogens is 3. The summed E-state index contributed by atoms with van der Waals surface area (Å²) >= 11 is 6.75. The Balaban J connectivity index is 0.000000220. The van der Waals surface area contributed by atoms with E-state index in [-0.39, 0.29) is 46.0 Å². The standard InChI is InChI=1S/C16H19BrO.C10H16O2.C6H4Br.BrH.Mg/c17-15-8-5-13(6-9-15)16-10-7-14(11-18-16)12-3-1-2-4-12;11-10-6-5-9(7-12-10)8-3-1-2-4-8;7-6-4-2-1-3-5-6;;/h5-6,8-10,12,14H,1-4,7,11H2;8-9H,1-7H2;2-5H;1H;/q;;-1;;+2/p-1. The van der Waals surface area contributed by atoms with Crippen molar-refractivity contribution in [2.45, 2.75) is 70.6 Å². The molecule has 2 aromatic rings. The molecule has 208 valence electrons. The van der Waals surface area contributed by atoms with Gasteiger partial charge in [0.1, 0.15) is 5.76 Å². The molecule has 7 heteroatoms. The van der Waals surface area contributed by atoms with Crippen molar-refractivity contribution in [1.29, 1.82) is 0 Å². The minimum atomic E-state index is 0. The smallest absolute Gasteiger partial charge is 1.00 e. The summed E-state index contributed by atoms with van der Waals surface area (Å²) in [6, 6.07) is 18.9. The summed E-state index contributed by atoms with van der Waals surface area (Å²) < 4.78 is 13.3. The van der Waals surface area contributed by atoms with E-state index in [1.165, 1.54) is 63.4 Å². The Morgan fingerprint density at radius 2 is 1.23 bits per heavy atom. The number of carbonyl (C=O) groups excluding carboxylic acids is 1. The molecular formula is C32H39Br3MgO3. The van der Waals surface area contributed by atoms with E-state index < -0.39 is 0 Å². The zero-order valence-corrected chi connectivity index (χ0v) is 28.9. The Morgan fingerprint density at radius 1 is 0.692 bits per heavy atom. The maximum absolute atomic E-state index is 10.8. The minimum Gasteiger partial charge on any atom is -1.00 e. The molecule has 2 unspecified atom stereocenters. The van der Waals surface area contributed by atoms with Crippen LogP contribution in [-0.2, 0) is 14.3 Å². The molecule has 0 N–H and O–H groups in total. The van der Waals surface area contributed by atoms with Crippen LogP contribution in [0, 0.1) is 29.7 Å². The summed E-state index contributed by atoms with van der Waals surface area (Å²) in [7, 11) is 0. The van der Waals surface area contributed by atoms with Crippen LogP contribution in [0.2, 0.25) is 0 Å². The predicted octanol–water partition coefficient (Wildman–Crippen LogP) is 6.02. The number of hydrogen-bond acceptors (Lipinski definition) is 3. The zero-order valence-electron chi connectivity index (χ0n) is 22.8. The second kappa shape index (κ2) is 19.0. The first kappa shape index (κ1) is 34.9. The average Bonchev–Trinajstić information content (AvgIpc) is 3.66.